The normalized spacial score (nSPS) is 28.2. The Balaban J connectivity index is 2.04. The van der Waals surface area contributed by atoms with Gasteiger partial charge in [-0.1, -0.05) is 25.7 Å². The minimum Gasteiger partial charge on any atom is -0.319 e. The largest absolute Gasteiger partial charge is 0.319 e. The van der Waals surface area contributed by atoms with Crippen LogP contribution >= 0.6 is 0 Å². The predicted molar refractivity (Wildman–Crippen MR) is 78.9 cm³/mol. The summed E-state index contributed by atoms with van der Waals surface area (Å²) in [5, 5.41) is 3.48. The monoisotopic (exact) mass is 252 g/mol. The lowest BCUT2D eigenvalue weighted by Gasteiger charge is -2.42. The molecule has 2 aliphatic rings. The molecule has 106 valence electrons. The highest BCUT2D eigenvalue weighted by molar-refractivity contribution is 4.94. The van der Waals surface area contributed by atoms with Crippen molar-refractivity contribution in [2.75, 3.05) is 26.7 Å². The fourth-order valence-corrected chi connectivity index (χ4v) is 4.11. The Kier molecular flexibility index (Phi) is 4.71. The van der Waals surface area contributed by atoms with Crippen molar-refractivity contribution in [2.45, 2.75) is 70.8 Å². The number of nitrogens with one attached hydrogen (secondary N) is 1. The van der Waals surface area contributed by atoms with Crippen LogP contribution in [0.15, 0.2) is 0 Å². The second kappa shape index (κ2) is 5.92. The highest BCUT2D eigenvalue weighted by Gasteiger charge is 2.39. The summed E-state index contributed by atoms with van der Waals surface area (Å²) in [5.74, 6) is 0. The van der Waals surface area contributed by atoms with E-state index in [1.807, 2.05) is 0 Å². The van der Waals surface area contributed by atoms with Crippen LogP contribution in [0.3, 0.4) is 0 Å². The Labute approximate surface area is 114 Å². The molecule has 2 rings (SSSR count). The van der Waals surface area contributed by atoms with E-state index in [0.29, 0.717) is 11.0 Å². The maximum Gasteiger partial charge on any atom is 0.0153 e. The van der Waals surface area contributed by atoms with Gasteiger partial charge in [-0.3, -0.25) is 4.90 Å². The van der Waals surface area contributed by atoms with Gasteiger partial charge < -0.3 is 5.32 Å². The summed E-state index contributed by atoms with van der Waals surface area (Å²) in [6, 6.07) is 0. The summed E-state index contributed by atoms with van der Waals surface area (Å²) in [6.45, 7) is 8.71. The highest BCUT2D eigenvalue weighted by Crippen LogP contribution is 2.39. The first kappa shape index (κ1) is 14.3. The van der Waals surface area contributed by atoms with Crippen LogP contribution in [0.5, 0.6) is 0 Å². The van der Waals surface area contributed by atoms with E-state index in [1.165, 1.54) is 71.0 Å². The van der Waals surface area contributed by atoms with E-state index in [-0.39, 0.29) is 0 Å². The molecule has 18 heavy (non-hydrogen) atoms. The number of hydrogen-bond acceptors (Lipinski definition) is 2. The summed E-state index contributed by atoms with van der Waals surface area (Å²) < 4.78 is 0. The van der Waals surface area contributed by atoms with Crippen LogP contribution in [0.4, 0.5) is 0 Å². The molecular weight excluding hydrogens is 220 g/mol. The molecule has 1 saturated carbocycles. The minimum absolute atomic E-state index is 0.438. The van der Waals surface area contributed by atoms with Crippen molar-refractivity contribution in [3.63, 3.8) is 0 Å². The molecule has 2 fully saturated rings. The standard InChI is InChI=1S/C16H32N2/c1-15(2)9-8-12-18(15)14-16(13-17-3)10-6-4-5-7-11-16/h17H,4-14H2,1-3H3. The SMILES string of the molecule is CNCC1(CN2CCCC2(C)C)CCCCCC1. The van der Waals surface area contributed by atoms with Gasteiger partial charge in [0.2, 0.25) is 0 Å². The van der Waals surface area contributed by atoms with E-state index in [2.05, 4.69) is 31.1 Å². The quantitative estimate of drug-likeness (QED) is 0.771. The maximum atomic E-state index is 3.48. The van der Waals surface area contributed by atoms with Gasteiger partial charge in [-0.15, -0.1) is 0 Å². The van der Waals surface area contributed by atoms with E-state index >= 15 is 0 Å². The van der Waals surface area contributed by atoms with E-state index in [4.69, 9.17) is 0 Å². The molecule has 0 aromatic heterocycles. The topological polar surface area (TPSA) is 15.3 Å². The van der Waals surface area contributed by atoms with Crippen LogP contribution in [0, 0.1) is 5.41 Å². The van der Waals surface area contributed by atoms with Gasteiger partial charge >= 0.3 is 0 Å². The molecular formula is C16H32N2. The molecule has 1 aliphatic heterocycles. The van der Waals surface area contributed by atoms with Gasteiger partial charge in [-0.05, 0) is 58.5 Å². The van der Waals surface area contributed by atoms with Gasteiger partial charge in [-0.25, -0.2) is 0 Å². The van der Waals surface area contributed by atoms with Gasteiger partial charge in [0.1, 0.15) is 0 Å². The lowest BCUT2D eigenvalue weighted by Crippen LogP contribution is -2.48. The molecule has 1 aliphatic carbocycles. The zero-order chi connectivity index (χ0) is 13.1. The summed E-state index contributed by atoms with van der Waals surface area (Å²) >= 11 is 0. The molecule has 0 atom stereocenters. The smallest absolute Gasteiger partial charge is 0.0153 e. The highest BCUT2D eigenvalue weighted by atomic mass is 15.2. The summed E-state index contributed by atoms with van der Waals surface area (Å²) in [7, 11) is 2.13. The zero-order valence-corrected chi connectivity index (χ0v) is 12.7. The number of likely N-dealkylation sites (tertiary alicyclic amines) is 1. The Hall–Kier alpha value is -0.0800. The third-order valence-corrected chi connectivity index (χ3v) is 5.31. The average molecular weight is 252 g/mol. The molecule has 1 N–H and O–H groups in total. The second-order valence-corrected chi connectivity index (χ2v) is 7.28. The Morgan fingerprint density at radius 3 is 2.11 bits per heavy atom. The molecule has 0 spiro atoms. The molecule has 0 radical (unpaired) electrons. The van der Waals surface area contributed by atoms with Crippen molar-refractivity contribution in [2.24, 2.45) is 5.41 Å². The lowest BCUT2D eigenvalue weighted by atomic mass is 9.79. The van der Waals surface area contributed by atoms with Gasteiger partial charge in [0.15, 0.2) is 0 Å². The fourth-order valence-electron chi connectivity index (χ4n) is 4.11. The average Bonchev–Trinajstić information content (AvgIpc) is 2.53. The van der Waals surface area contributed by atoms with E-state index in [0.717, 1.165) is 0 Å². The zero-order valence-electron chi connectivity index (χ0n) is 12.7. The Bertz CT molecular complexity index is 252. The maximum absolute atomic E-state index is 3.48. The van der Waals surface area contributed by atoms with Gasteiger partial charge in [0.05, 0.1) is 0 Å². The van der Waals surface area contributed by atoms with E-state index < -0.39 is 0 Å². The number of hydrogen-bond donors (Lipinski definition) is 1. The first-order chi connectivity index (χ1) is 8.58. The molecule has 0 amide bonds. The first-order valence-electron chi connectivity index (χ1n) is 7.98. The van der Waals surface area contributed by atoms with Crippen molar-refractivity contribution in [3.8, 4) is 0 Å². The van der Waals surface area contributed by atoms with E-state index in [1.54, 1.807) is 0 Å². The fraction of sp³-hybridized carbons (Fsp3) is 1.00. The predicted octanol–water partition coefficient (Wildman–Crippen LogP) is 3.42. The lowest BCUT2D eigenvalue weighted by molar-refractivity contribution is 0.0828. The Morgan fingerprint density at radius 2 is 1.61 bits per heavy atom. The van der Waals surface area contributed by atoms with Crippen molar-refractivity contribution < 1.29 is 0 Å². The molecule has 0 unspecified atom stereocenters. The molecule has 1 saturated heterocycles. The van der Waals surface area contributed by atoms with Crippen LogP contribution in [0.25, 0.3) is 0 Å². The molecule has 2 nitrogen and oxygen atoms in total. The first-order valence-corrected chi connectivity index (χ1v) is 7.98. The van der Waals surface area contributed by atoms with Crippen molar-refractivity contribution in [1.82, 2.24) is 10.2 Å². The molecule has 2 heteroatoms. The van der Waals surface area contributed by atoms with Crippen LogP contribution in [0.2, 0.25) is 0 Å². The van der Waals surface area contributed by atoms with Crippen LogP contribution < -0.4 is 5.32 Å². The minimum atomic E-state index is 0.438. The molecule has 0 aromatic carbocycles. The van der Waals surface area contributed by atoms with Crippen LogP contribution in [-0.4, -0.2) is 37.1 Å². The molecule has 1 heterocycles. The number of rotatable bonds is 4. The molecule has 0 aromatic rings. The summed E-state index contributed by atoms with van der Waals surface area (Å²) in [5.41, 5.74) is 0.986. The molecule has 0 bridgehead atoms. The van der Waals surface area contributed by atoms with Gasteiger partial charge in [-0.2, -0.15) is 0 Å². The second-order valence-electron chi connectivity index (χ2n) is 7.28. The van der Waals surface area contributed by atoms with Crippen LogP contribution in [0.1, 0.15) is 65.2 Å². The number of nitrogens with zero attached hydrogens (tertiary/aromatic N) is 1. The van der Waals surface area contributed by atoms with Crippen molar-refractivity contribution in [1.29, 1.82) is 0 Å². The van der Waals surface area contributed by atoms with Crippen LogP contribution in [-0.2, 0) is 0 Å². The Morgan fingerprint density at radius 1 is 0.944 bits per heavy atom. The van der Waals surface area contributed by atoms with Crippen molar-refractivity contribution >= 4 is 0 Å². The summed E-state index contributed by atoms with van der Waals surface area (Å²) in [6.07, 6.45) is 11.4. The van der Waals surface area contributed by atoms with Gasteiger partial charge in [0, 0.05) is 18.6 Å². The van der Waals surface area contributed by atoms with Crippen molar-refractivity contribution in [3.05, 3.63) is 0 Å². The van der Waals surface area contributed by atoms with Gasteiger partial charge in [0.25, 0.3) is 0 Å². The third-order valence-electron chi connectivity index (χ3n) is 5.31. The van der Waals surface area contributed by atoms with E-state index in [9.17, 15) is 0 Å². The summed E-state index contributed by atoms with van der Waals surface area (Å²) in [4.78, 5) is 2.77. The third kappa shape index (κ3) is 3.27.